The summed E-state index contributed by atoms with van der Waals surface area (Å²) >= 11 is 0. The molecular weight excluding hydrogens is 320 g/mol. The van der Waals surface area contributed by atoms with Crippen molar-refractivity contribution in [1.29, 1.82) is 5.26 Å². The van der Waals surface area contributed by atoms with E-state index in [0.717, 1.165) is 0 Å². The van der Waals surface area contributed by atoms with E-state index in [1.165, 1.54) is 0 Å². The Kier molecular flexibility index (Phi) is 4.40. The normalized spacial score (nSPS) is 21.6. The number of aliphatic hydroxyl groups excluding tert-OH is 1. The molecule has 7 nitrogen and oxygen atoms in total. The Morgan fingerprint density at radius 2 is 2.20 bits per heavy atom. The second kappa shape index (κ2) is 6.51. The largest absolute Gasteiger partial charge is 0.485 e. The first kappa shape index (κ1) is 16.9. The summed E-state index contributed by atoms with van der Waals surface area (Å²) in [6.07, 6.45) is 2.18. The van der Waals surface area contributed by atoms with Crippen molar-refractivity contribution in [2.45, 2.75) is 31.6 Å². The molecule has 0 bridgehead atoms. The number of hydroxylamine groups is 1. The molecule has 2 heterocycles. The number of benzene rings is 1. The number of aromatic nitrogens is 1. The molecule has 0 saturated carbocycles. The third-order valence-electron chi connectivity index (χ3n) is 4.15. The number of nitriles is 1. The maximum atomic E-state index is 10.8. The minimum absolute atomic E-state index is 0.170. The van der Waals surface area contributed by atoms with Gasteiger partial charge in [-0.2, -0.15) is 5.26 Å². The number of ether oxygens (including phenoxy) is 1. The van der Waals surface area contributed by atoms with Gasteiger partial charge in [0, 0.05) is 23.5 Å². The van der Waals surface area contributed by atoms with Crippen LogP contribution in [0.15, 0.2) is 47.7 Å². The molecule has 3 rings (SSSR count). The van der Waals surface area contributed by atoms with E-state index in [2.05, 4.69) is 21.5 Å². The van der Waals surface area contributed by atoms with Crippen LogP contribution >= 0.6 is 0 Å². The molecule has 1 aliphatic rings. The SMILES string of the molecule is CC1(C)Oc2ccc(C#N)cc2[C@H](N=C(NO)c2cccnc2)[C@H]1O. The molecule has 0 saturated heterocycles. The Balaban J connectivity index is 2.13. The van der Waals surface area contributed by atoms with Crippen LogP contribution in [-0.2, 0) is 0 Å². The van der Waals surface area contributed by atoms with Crippen molar-refractivity contribution in [3.05, 3.63) is 59.4 Å². The molecule has 0 radical (unpaired) electrons. The van der Waals surface area contributed by atoms with Crippen molar-refractivity contribution < 1.29 is 15.1 Å². The third kappa shape index (κ3) is 3.18. The molecule has 0 fully saturated rings. The maximum absolute atomic E-state index is 10.8. The van der Waals surface area contributed by atoms with Crippen LogP contribution < -0.4 is 10.2 Å². The summed E-state index contributed by atoms with van der Waals surface area (Å²) in [6.45, 7) is 3.52. The van der Waals surface area contributed by atoms with Crippen molar-refractivity contribution in [3.63, 3.8) is 0 Å². The third-order valence-corrected chi connectivity index (χ3v) is 4.15. The first-order valence-corrected chi connectivity index (χ1v) is 7.75. The summed E-state index contributed by atoms with van der Waals surface area (Å²) < 4.78 is 5.86. The highest BCUT2D eigenvalue weighted by Gasteiger charge is 2.43. The van der Waals surface area contributed by atoms with Gasteiger partial charge in [0.2, 0.25) is 0 Å². The first-order valence-electron chi connectivity index (χ1n) is 7.75. The molecule has 25 heavy (non-hydrogen) atoms. The molecule has 0 spiro atoms. The van der Waals surface area contributed by atoms with Crippen LogP contribution in [0.3, 0.4) is 0 Å². The quantitative estimate of drug-likeness (QED) is 0.438. The van der Waals surface area contributed by atoms with Gasteiger partial charge in [-0.25, -0.2) is 0 Å². The Bertz CT molecular complexity index is 843. The van der Waals surface area contributed by atoms with E-state index in [4.69, 9.17) is 10.00 Å². The minimum atomic E-state index is -0.978. The minimum Gasteiger partial charge on any atom is -0.485 e. The van der Waals surface area contributed by atoms with Gasteiger partial charge in [-0.3, -0.25) is 20.7 Å². The van der Waals surface area contributed by atoms with Crippen molar-refractivity contribution in [2.24, 2.45) is 4.99 Å². The Labute approximate surface area is 145 Å². The molecule has 7 heteroatoms. The lowest BCUT2D eigenvalue weighted by molar-refractivity contribution is -0.0568. The average molecular weight is 338 g/mol. The summed E-state index contributed by atoms with van der Waals surface area (Å²) in [6, 6.07) is 9.79. The van der Waals surface area contributed by atoms with Crippen molar-refractivity contribution >= 4 is 5.84 Å². The fourth-order valence-electron chi connectivity index (χ4n) is 2.79. The highest BCUT2D eigenvalue weighted by molar-refractivity contribution is 5.97. The molecule has 0 aliphatic carbocycles. The second-order valence-corrected chi connectivity index (χ2v) is 6.29. The smallest absolute Gasteiger partial charge is 0.154 e. The van der Waals surface area contributed by atoms with Crippen LogP contribution in [0.5, 0.6) is 5.75 Å². The van der Waals surface area contributed by atoms with E-state index in [-0.39, 0.29) is 5.84 Å². The number of pyridine rings is 1. The summed E-state index contributed by atoms with van der Waals surface area (Å²) in [5, 5.41) is 29.4. The molecule has 2 atom stereocenters. The lowest BCUT2D eigenvalue weighted by Gasteiger charge is -2.40. The number of hydrogen-bond acceptors (Lipinski definition) is 6. The number of aliphatic hydroxyl groups is 1. The van der Waals surface area contributed by atoms with Gasteiger partial charge < -0.3 is 9.84 Å². The maximum Gasteiger partial charge on any atom is 0.154 e. The lowest BCUT2D eigenvalue weighted by Crippen LogP contribution is -2.48. The molecular formula is C18H18N4O3. The molecule has 128 valence electrons. The van der Waals surface area contributed by atoms with Crippen molar-refractivity contribution in [2.75, 3.05) is 0 Å². The van der Waals surface area contributed by atoms with Gasteiger partial charge in [-0.05, 0) is 44.2 Å². The van der Waals surface area contributed by atoms with Crippen LogP contribution in [0.1, 0.15) is 36.6 Å². The second-order valence-electron chi connectivity index (χ2n) is 6.29. The van der Waals surface area contributed by atoms with Crippen LogP contribution in [0.25, 0.3) is 0 Å². The number of fused-ring (bicyclic) bond motifs is 1. The fourth-order valence-corrected chi connectivity index (χ4v) is 2.79. The van der Waals surface area contributed by atoms with Gasteiger partial charge in [-0.1, -0.05) is 0 Å². The predicted molar refractivity (Wildman–Crippen MR) is 90.3 cm³/mol. The standard InChI is InChI=1S/C18H18N4O3/c1-18(2)16(23)15(13-8-11(9-19)5-6-14(13)25-18)21-17(22-24)12-4-3-7-20-10-12/h3-8,10,15-16,23-24H,1-2H3,(H,21,22)/t15-,16+/m0/s1. The van der Waals surface area contributed by atoms with E-state index in [1.807, 2.05) is 0 Å². The van der Waals surface area contributed by atoms with E-state index < -0.39 is 17.7 Å². The van der Waals surface area contributed by atoms with Crippen LogP contribution in [0.2, 0.25) is 0 Å². The van der Waals surface area contributed by atoms with E-state index in [9.17, 15) is 10.3 Å². The number of aliphatic imine (C=N–C) groups is 1. The Hall–Kier alpha value is -2.95. The monoisotopic (exact) mass is 338 g/mol. The molecule has 2 aromatic rings. The topological polar surface area (TPSA) is 111 Å². The summed E-state index contributed by atoms with van der Waals surface area (Å²) in [4.78, 5) is 8.50. The molecule has 0 amide bonds. The number of rotatable bonds is 2. The van der Waals surface area contributed by atoms with E-state index in [1.54, 1.807) is 56.6 Å². The van der Waals surface area contributed by atoms with Gasteiger partial charge in [0.05, 0.1) is 11.6 Å². The van der Waals surface area contributed by atoms with E-state index >= 15 is 0 Å². The summed E-state index contributed by atoms with van der Waals surface area (Å²) in [7, 11) is 0. The van der Waals surface area contributed by atoms with Gasteiger partial charge in [0.25, 0.3) is 0 Å². The number of nitrogens with one attached hydrogen (secondary N) is 1. The zero-order chi connectivity index (χ0) is 18.0. The number of amidine groups is 1. The zero-order valence-corrected chi connectivity index (χ0v) is 13.8. The average Bonchev–Trinajstić information content (AvgIpc) is 2.62. The highest BCUT2D eigenvalue weighted by atomic mass is 16.5. The summed E-state index contributed by atoms with van der Waals surface area (Å²) in [5.41, 5.74) is 2.78. The Morgan fingerprint density at radius 3 is 2.84 bits per heavy atom. The predicted octanol–water partition coefficient (Wildman–Crippen LogP) is 1.95. The molecule has 0 unspecified atom stereocenters. The van der Waals surface area contributed by atoms with Crippen molar-refractivity contribution in [1.82, 2.24) is 10.5 Å². The lowest BCUT2D eigenvalue weighted by atomic mass is 9.86. The Morgan fingerprint density at radius 1 is 1.40 bits per heavy atom. The fraction of sp³-hybridized carbons (Fsp3) is 0.278. The first-order chi connectivity index (χ1) is 12.0. The number of nitrogens with zero attached hydrogens (tertiary/aromatic N) is 3. The summed E-state index contributed by atoms with van der Waals surface area (Å²) in [5.74, 6) is 0.717. The van der Waals surface area contributed by atoms with Crippen LogP contribution in [0, 0.1) is 11.3 Å². The zero-order valence-electron chi connectivity index (χ0n) is 13.8. The van der Waals surface area contributed by atoms with Gasteiger partial charge in [0.1, 0.15) is 23.5 Å². The highest BCUT2D eigenvalue weighted by Crippen LogP contribution is 2.42. The van der Waals surface area contributed by atoms with Gasteiger partial charge in [0.15, 0.2) is 5.84 Å². The van der Waals surface area contributed by atoms with Gasteiger partial charge >= 0.3 is 0 Å². The van der Waals surface area contributed by atoms with Crippen molar-refractivity contribution in [3.8, 4) is 11.8 Å². The molecule has 1 aliphatic heterocycles. The van der Waals surface area contributed by atoms with E-state index in [0.29, 0.717) is 22.4 Å². The molecule has 1 aromatic heterocycles. The van der Waals surface area contributed by atoms with Crippen LogP contribution in [-0.4, -0.2) is 32.8 Å². The van der Waals surface area contributed by atoms with Crippen LogP contribution in [0.4, 0.5) is 0 Å². The molecule has 1 aromatic carbocycles. The van der Waals surface area contributed by atoms with Gasteiger partial charge in [-0.15, -0.1) is 0 Å². The molecule has 3 N–H and O–H groups in total. The number of hydrogen-bond donors (Lipinski definition) is 3.